The Bertz CT molecular complexity index is 699. The number of benzene rings is 2. The number of rotatable bonds is 5. The molecule has 0 bridgehead atoms. The predicted molar refractivity (Wildman–Crippen MR) is 94.8 cm³/mol. The highest BCUT2D eigenvalue weighted by molar-refractivity contribution is 9.10. The van der Waals surface area contributed by atoms with E-state index in [9.17, 15) is 9.59 Å². The van der Waals surface area contributed by atoms with E-state index in [1.54, 1.807) is 26.0 Å². The molecule has 0 radical (unpaired) electrons. The topological polar surface area (TPSA) is 58.2 Å². The second-order valence-corrected chi connectivity index (χ2v) is 6.67. The molecule has 0 spiro atoms. The highest BCUT2D eigenvalue weighted by Crippen LogP contribution is 2.21. The molecule has 0 aromatic heterocycles. The summed E-state index contributed by atoms with van der Waals surface area (Å²) < 4.78 is 0.863. The number of hydrogen-bond acceptors (Lipinski definition) is 2. The largest absolute Gasteiger partial charge is 0.351 e. The Balaban J connectivity index is 1.98. The van der Waals surface area contributed by atoms with E-state index in [0.717, 1.165) is 10.0 Å². The number of carbonyl (C=O) groups excluding carboxylic acids is 2. The van der Waals surface area contributed by atoms with E-state index >= 15 is 0 Å². The van der Waals surface area contributed by atoms with E-state index in [0.29, 0.717) is 12.2 Å². The molecule has 0 aliphatic rings. The van der Waals surface area contributed by atoms with Crippen molar-refractivity contribution >= 4 is 33.4 Å². The number of nitrogens with one attached hydrogen (secondary N) is 2. The van der Waals surface area contributed by atoms with Crippen LogP contribution in [-0.4, -0.2) is 11.8 Å². The lowest BCUT2D eigenvalue weighted by atomic mass is 9.91. The second kappa shape index (κ2) is 7.42. The molecular weight excluding hydrogens is 356 g/mol. The molecule has 23 heavy (non-hydrogen) atoms. The third kappa shape index (κ3) is 4.66. The fourth-order valence-electron chi connectivity index (χ4n) is 1.96. The van der Waals surface area contributed by atoms with Gasteiger partial charge in [-0.15, -0.1) is 0 Å². The lowest BCUT2D eigenvalue weighted by molar-refractivity contribution is -0.138. The maximum Gasteiger partial charge on any atom is 0.239 e. The third-order valence-electron chi connectivity index (χ3n) is 3.51. The molecule has 2 N–H and O–H groups in total. The summed E-state index contributed by atoms with van der Waals surface area (Å²) in [4.78, 5) is 24.8. The maximum absolute atomic E-state index is 12.4. The number of halogens is 1. The Kier molecular flexibility index (Phi) is 5.55. The minimum absolute atomic E-state index is 0.311. The highest BCUT2D eigenvalue weighted by atomic mass is 79.9. The lowest BCUT2D eigenvalue weighted by Gasteiger charge is -2.22. The molecule has 0 unspecified atom stereocenters. The zero-order valence-electron chi connectivity index (χ0n) is 13.1. The number of anilines is 1. The van der Waals surface area contributed by atoms with E-state index < -0.39 is 5.41 Å². The first-order chi connectivity index (χ1) is 10.9. The van der Waals surface area contributed by atoms with Crippen molar-refractivity contribution in [1.82, 2.24) is 5.32 Å². The Morgan fingerprint density at radius 1 is 1.00 bits per heavy atom. The van der Waals surface area contributed by atoms with Crippen LogP contribution in [-0.2, 0) is 16.1 Å². The summed E-state index contributed by atoms with van der Waals surface area (Å²) in [6, 6.07) is 16.8. The van der Waals surface area contributed by atoms with Crippen LogP contribution in [0, 0.1) is 5.41 Å². The molecule has 5 heteroatoms. The first kappa shape index (κ1) is 17.2. The standard InChI is InChI=1S/C18H19BrN2O2/c1-18(2,16(22)20-12-13-7-4-3-5-8-13)17(23)21-15-10-6-9-14(19)11-15/h3-11H,12H2,1-2H3,(H,20,22)(H,21,23). The quantitative estimate of drug-likeness (QED) is 0.783. The monoisotopic (exact) mass is 374 g/mol. The summed E-state index contributed by atoms with van der Waals surface area (Å²) in [7, 11) is 0. The first-order valence-electron chi connectivity index (χ1n) is 7.29. The molecular formula is C18H19BrN2O2. The van der Waals surface area contributed by atoms with E-state index in [-0.39, 0.29) is 11.8 Å². The first-order valence-corrected chi connectivity index (χ1v) is 8.08. The lowest BCUT2D eigenvalue weighted by Crippen LogP contribution is -2.44. The van der Waals surface area contributed by atoms with Crippen molar-refractivity contribution in [3.8, 4) is 0 Å². The van der Waals surface area contributed by atoms with Crippen LogP contribution in [0.2, 0.25) is 0 Å². The predicted octanol–water partition coefficient (Wildman–Crippen LogP) is 3.73. The van der Waals surface area contributed by atoms with Crippen molar-refractivity contribution in [2.24, 2.45) is 5.41 Å². The van der Waals surface area contributed by atoms with Crippen molar-refractivity contribution in [1.29, 1.82) is 0 Å². The van der Waals surface area contributed by atoms with Gasteiger partial charge in [0.25, 0.3) is 0 Å². The molecule has 2 rings (SSSR count). The van der Waals surface area contributed by atoms with Gasteiger partial charge in [-0.2, -0.15) is 0 Å². The van der Waals surface area contributed by atoms with Crippen molar-refractivity contribution in [2.75, 3.05) is 5.32 Å². The Labute approximate surface area is 144 Å². The van der Waals surface area contributed by atoms with E-state index in [1.165, 1.54) is 0 Å². The summed E-state index contributed by atoms with van der Waals surface area (Å²) in [5.41, 5.74) is 0.467. The van der Waals surface area contributed by atoms with Crippen LogP contribution >= 0.6 is 15.9 Å². The average Bonchev–Trinajstić information content (AvgIpc) is 2.53. The Morgan fingerprint density at radius 3 is 2.35 bits per heavy atom. The highest BCUT2D eigenvalue weighted by Gasteiger charge is 2.35. The molecule has 0 atom stereocenters. The molecule has 0 aliphatic heterocycles. The van der Waals surface area contributed by atoms with Gasteiger partial charge in [0.2, 0.25) is 11.8 Å². The summed E-state index contributed by atoms with van der Waals surface area (Å²) in [6.07, 6.45) is 0. The van der Waals surface area contributed by atoms with Gasteiger partial charge in [-0.3, -0.25) is 9.59 Å². The fraction of sp³-hybridized carbons (Fsp3) is 0.222. The Morgan fingerprint density at radius 2 is 1.70 bits per heavy atom. The van der Waals surface area contributed by atoms with Crippen LogP contribution in [0.5, 0.6) is 0 Å². The average molecular weight is 375 g/mol. The van der Waals surface area contributed by atoms with Crippen LogP contribution in [0.1, 0.15) is 19.4 Å². The second-order valence-electron chi connectivity index (χ2n) is 5.76. The van der Waals surface area contributed by atoms with E-state index in [1.807, 2.05) is 42.5 Å². The van der Waals surface area contributed by atoms with Crippen molar-refractivity contribution in [3.05, 3.63) is 64.6 Å². The normalized spacial score (nSPS) is 10.9. The maximum atomic E-state index is 12.4. The smallest absolute Gasteiger partial charge is 0.239 e. The SMILES string of the molecule is CC(C)(C(=O)NCc1ccccc1)C(=O)Nc1cccc(Br)c1. The van der Waals surface area contributed by atoms with Crippen LogP contribution in [0.4, 0.5) is 5.69 Å². The summed E-state index contributed by atoms with van der Waals surface area (Å²) in [6.45, 7) is 3.62. The molecule has 4 nitrogen and oxygen atoms in total. The van der Waals surface area contributed by atoms with Gasteiger partial charge in [0.1, 0.15) is 5.41 Å². The van der Waals surface area contributed by atoms with Gasteiger partial charge in [-0.1, -0.05) is 52.3 Å². The molecule has 2 aromatic rings. The van der Waals surface area contributed by atoms with E-state index in [2.05, 4.69) is 26.6 Å². The molecule has 0 saturated heterocycles. The number of hydrogen-bond donors (Lipinski definition) is 2. The van der Waals surface area contributed by atoms with Crippen molar-refractivity contribution in [3.63, 3.8) is 0 Å². The molecule has 0 aliphatic carbocycles. The summed E-state index contributed by atoms with van der Waals surface area (Å²) in [5.74, 6) is -0.657. The summed E-state index contributed by atoms with van der Waals surface area (Å²) >= 11 is 3.35. The minimum atomic E-state index is -1.17. The van der Waals surface area contributed by atoms with Gasteiger partial charge in [-0.05, 0) is 37.6 Å². The van der Waals surface area contributed by atoms with Crippen LogP contribution < -0.4 is 10.6 Å². The molecule has 0 heterocycles. The molecule has 0 saturated carbocycles. The van der Waals surface area contributed by atoms with Crippen LogP contribution in [0.3, 0.4) is 0 Å². The summed E-state index contributed by atoms with van der Waals surface area (Å²) in [5, 5.41) is 5.58. The number of carbonyl (C=O) groups is 2. The molecule has 120 valence electrons. The van der Waals surface area contributed by atoms with E-state index in [4.69, 9.17) is 0 Å². The van der Waals surface area contributed by atoms with Gasteiger partial charge >= 0.3 is 0 Å². The zero-order chi connectivity index (χ0) is 16.9. The van der Waals surface area contributed by atoms with Crippen molar-refractivity contribution in [2.45, 2.75) is 20.4 Å². The van der Waals surface area contributed by atoms with Gasteiger partial charge in [0, 0.05) is 16.7 Å². The fourth-order valence-corrected chi connectivity index (χ4v) is 2.36. The zero-order valence-corrected chi connectivity index (χ0v) is 14.7. The molecule has 2 aromatic carbocycles. The van der Waals surface area contributed by atoms with Crippen LogP contribution in [0.15, 0.2) is 59.1 Å². The molecule has 2 amide bonds. The minimum Gasteiger partial charge on any atom is -0.351 e. The Hall–Kier alpha value is -2.14. The molecule has 0 fully saturated rings. The van der Waals surface area contributed by atoms with Crippen LogP contribution in [0.25, 0.3) is 0 Å². The van der Waals surface area contributed by atoms with Gasteiger partial charge in [0.15, 0.2) is 0 Å². The third-order valence-corrected chi connectivity index (χ3v) is 4.01. The van der Waals surface area contributed by atoms with Gasteiger partial charge in [-0.25, -0.2) is 0 Å². The number of amides is 2. The van der Waals surface area contributed by atoms with Gasteiger partial charge in [0.05, 0.1) is 0 Å². The van der Waals surface area contributed by atoms with Gasteiger partial charge < -0.3 is 10.6 Å². The van der Waals surface area contributed by atoms with Crippen molar-refractivity contribution < 1.29 is 9.59 Å².